The number of carbonyl (C=O) groups excluding carboxylic acids is 2. The van der Waals surface area contributed by atoms with Gasteiger partial charge in [0.05, 0.1) is 6.61 Å². The second-order valence-electron chi connectivity index (χ2n) is 12.8. The van der Waals surface area contributed by atoms with Crippen molar-refractivity contribution >= 4 is 11.9 Å². The molecule has 0 heterocycles. The van der Waals surface area contributed by atoms with Gasteiger partial charge in [0, 0.05) is 19.4 Å². The van der Waals surface area contributed by atoms with Crippen LogP contribution in [0.5, 0.6) is 0 Å². The minimum absolute atomic E-state index is 0.0776. The average Bonchev–Trinajstić information content (AvgIpc) is 3.05. The Morgan fingerprint density at radius 2 is 0.978 bits per heavy atom. The number of carbonyl (C=O) groups is 2. The van der Waals surface area contributed by atoms with Gasteiger partial charge in [0.25, 0.3) is 0 Å². The maximum Gasteiger partial charge on any atom is 0.306 e. The lowest BCUT2D eigenvalue weighted by Crippen LogP contribution is -2.30. The van der Waals surface area contributed by atoms with E-state index in [0.29, 0.717) is 19.4 Å². The lowest BCUT2D eigenvalue weighted by atomic mass is 10.1. The van der Waals surface area contributed by atoms with E-state index in [1.54, 1.807) is 0 Å². The van der Waals surface area contributed by atoms with Crippen molar-refractivity contribution in [1.29, 1.82) is 0 Å². The molecular weight excluding hydrogens is 572 g/mol. The van der Waals surface area contributed by atoms with Crippen LogP contribution in [-0.4, -0.2) is 37.9 Å². The van der Waals surface area contributed by atoms with Crippen molar-refractivity contribution in [3.63, 3.8) is 0 Å². The number of hydrogen-bond donors (Lipinski definition) is 0. The summed E-state index contributed by atoms with van der Waals surface area (Å²) in [5, 5.41) is 0. The van der Waals surface area contributed by atoms with Gasteiger partial charge >= 0.3 is 11.9 Å². The van der Waals surface area contributed by atoms with E-state index < -0.39 is 6.10 Å². The van der Waals surface area contributed by atoms with Gasteiger partial charge in [-0.2, -0.15) is 0 Å². The van der Waals surface area contributed by atoms with Crippen LogP contribution in [0.25, 0.3) is 0 Å². The van der Waals surface area contributed by atoms with Crippen LogP contribution in [0.15, 0.2) is 36.5 Å². The van der Waals surface area contributed by atoms with Crippen LogP contribution >= 0.6 is 0 Å². The third-order valence-electron chi connectivity index (χ3n) is 8.13. The van der Waals surface area contributed by atoms with E-state index in [-0.39, 0.29) is 25.2 Å². The monoisotopic (exact) mass is 647 g/mol. The number of hydrogen-bond acceptors (Lipinski definition) is 5. The van der Waals surface area contributed by atoms with E-state index in [1.807, 2.05) is 0 Å². The molecule has 0 radical (unpaired) electrons. The van der Waals surface area contributed by atoms with Crippen LogP contribution in [0.1, 0.15) is 188 Å². The highest BCUT2D eigenvalue weighted by Crippen LogP contribution is 2.12. The summed E-state index contributed by atoms with van der Waals surface area (Å²) in [6.45, 7) is 7.62. The van der Waals surface area contributed by atoms with Gasteiger partial charge in [0.15, 0.2) is 6.10 Å². The van der Waals surface area contributed by atoms with Crippen molar-refractivity contribution in [2.24, 2.45) is 0 Å². The largest absolute Gasteiger partial charge is 0.462 e. The van der Waals surface area contributed by atoms with Gasteiger partial charge in [-0.25, -0.2) is 0 Å². The van der Waals surface area contributed by atoms with Gasteiger partial charge in [0.1, 0.15) is 6.61 Å². The summed E-state index contributed by atoms with van der Waals surface area (Å²) in [7, 11) is 0. The zero-order valence-electron chi connectivity index (χ0n) is 30.6. The summed E-state index contributed by atoms with van der Waals surface area (Å²) >= 11 is 0. The molecule has 5 nitrogen and oxygen atoms in total. The Morgan fingerprint density at radius 3 is 1.61 bits per heavy atom. The summed E-state index contributed by atoms with van der Waals surface area (Å²) in [4.78, 5) is 24.8. The summed E-state index contributed by atoms with van der Waals surface area (Å²) in [6.07, 6.45) is 41.6. The predicted octanol–water partition coefficient (Wildman–Crippen LogP) is 12.3. The first-order valence-electron chi connectivity index (χ1n) is 19.5. The standard InChI is InChI=1S/C41H74O5/c1-4-7-10-13-15-17-19-20-21-23-25-27-30-33-36-44-37-39(46-41(43)35-32-28-12-9-6-3)38-45-40(42)34-31-29-26-24-22-18-16-14-11-8-5-2/h10,13-14,16-17,19,39H,4-9,11-12,15,18,20-38H2,1-3H3/b13-10-,16-14-,19-17-. The Morgan fingerprint density at radius 1 is 0.478 bits per heavy atom. The Balaban J connectivity index is 4.13. The molecule has 0 aromatic heterocycles. The fourth-order valence-corrected chi connectivity index (χ4v) is 5.17. The normalized spacial score (nSPS) is 12.5. The van der Waals surface area contributed by atoms with Crippen molar-refractivity contribution in [1.82, 2.24) is 0 Å². The maximum atomic E-state index is 12.5. The molecule has 0 saturated heterocycles. The minimum atomic E-state index is -0.535. The van der Waals surface area contributed by atoms with Gasteiger partial charge in [0.2, 0.25) is 0 Å². The molecule has 0 aliphatic heterocycles. The third kappa shape index (κ3) is 35.0. The molecule has 268 valence electrons. The highest BCUT2D eigenvalue weighted by atomic mass is 16.6. The van der Waals surface area contributed by atoms with Crippen molar-refractivity contribution < 1.29 is 23.8 Å². The zero-order chi connectivity index (χ0) is 33.6. The Labute approximate surface area is 285 Å². The number of ether oxygens (including phenoxy) is 3. The quantitative estimate of drug-likeness (QED) is 0.0389. The van der Waals surface area contributed by atoms with Crippen molar-refractivity contribution in [2.75, 3.05) is 19.8 Å². The van der Waals surface area contributed by atoms with E-state index in [0.717, 1.165) is 64.2 Å². The highest BCUT2D eigenvalue weighted by molar-refractivity contribution is 5.70. The second kappa shape index (κ2) is 37.6. The van der Waals surface area contributed by atoms with E-state index in [2.05, 4.69) is 57.2 Å². The first-order valence-corrected chi connectivity index (χ1v) is 19.5. The van der Waals surface area contributed by atoms with E-state index >= 15 is 0 Å². The molecule has 0 aliphatic rings. The van der Waals surface area contributed by atoms with Crippen LogP contribution < -0.4 is 0 Å². The molecule has 0 aromatic carbocycles. The van der Waals surface area contributed by atoms with Gasteiger partial charge in [-0.1, -0.05) is 147 Å². The fraction of sp³-hybridized carbons (Fsp3) is 0.805. The van der Waals surface area contributed by atoms with Crippen molar-refractivity contribution in [3.05, 3.63) is 36.5 Å². The van der Waals surface area contributed by atoms with E-state index in [9.17, 15) is 9.59 Å². The molecule has 1 unspecified atom stereocenters. The first kappa shape index (κ1) is 44.1. The van der Waals surface area contributed by atoms with Crippen molar-refractivity contribution in [2.45, 2.75) is 194 Å². The summed E-state index contributed by atoms with van der Waals surface area (Å²) < 4.78 is 17.1. The molecule has 46 heavy (non-hydrogen) atoms. The number of unbranched alkanes of at least 4 members (excludes halogenated alkanes) is 18. The predicted molar refractivity (Wildman–Crippen MR) is 196 cm³/mol. The summed E-state index contributed by atoms with van der Waals surface area (Å²) in [5.74, 6) is -0.428. The number of allylic oxidation sites excluding steroid dienone is 6. The Hall–Kier alpha value is -1.88. The van der Waals surface area contributed by atoms with Gasteiger partial charge in [-0.05, 0) is 64.2 Å². The average molecular weight is 647 g/mol. The molecule has 5 heteroatoms. The summed E-state index contributed by atoms with van der Waals surface area (Å²) in [6, 6.07) is 0. The maximum absolute atomic E-state index is 12.5. The summed E-state index contributed by atoms with van der Waals surface area (Å²) in [5.41, 5.74) is 0. The smallest absolute Gasteiger partial charge is 0.306 e. The molecule has 1 atom stereocenters. The molecule has 0 N–H and O–H groups in total. The second-order valence-corrected chi connectivity index (χ2v) is 12.8. The number of esters is 2. The molecule has 0 amide bonds. The topological polar surface area (TPSA) is 61.8 Å². The molecule has 0 spiro atoms. The first-order chi connectivity index (χ1) is 22.6. The van der Waals surface area contributed by atoms with Crippen LogP contribution in [0.4, 0.5) is 0 Å². The zero-order valence-corrected chi connectivity index (χ0v) is 30.6. The van der Waals surface area contributed by atoms with Gasteiger partial charge < -0.3 is 14.2 Å². The molecule has 0 saturated carbocycles. The van der Waals surface area contributed by atoms with Crippen LogP contribution in [0.3, 0.4) is 0 Å². The fourth-order valence-electron chi connectivity index (χ4n) is 5.17. The lowest BCUT2D eigenvalue weighted by molar-refractivity contribution is -0.163. The molecular formula is C41H74O5. The van der Waals surface area contributed by atoms with Crippen LogP contribution in [-0.2, 0) is 23.8 Å². The highest BCUT2D eigenvalue weighted by Gasteiger charge is 2.17. The lowest BCUT2D eigenvalue weighted by Gasteiger charge is -2.18. The molecule has 0 bridgehead atoms. The molecule has 0 aliphatic carbocycles. The van der Waals surface area contributed by atoms with Crippen molar-refractivity contribution in [3.8, 4) is 0 Å². The Bertz CT molecular complexity index is 741. The van der Waals surface area contributed by atoms with E-state index in [1.165, 1.54) is 89.9 Å². The SMILES string of the molecule is CCC/C=C\C/C=C\CCCCCCCCOCC(COC(=O)CCCCCCC/C=C\CCCC)OC(=O)CCCCCCC. The Kier molecular flexibility index (Phi) is 36.0. The van der Waals surface area contributed by atoms with Gasteiger partial charge in [-0.3, -0.25) is 9.59 Å². The van der Waals surface area contributed by atoms with E-state index in [4.69, 9.17) is 14.2 Å². The third-order valence-corrected chi connectivity index (χ3v) is 8.13. The number of rotatable bonds is 35. The molecule has 0 aromatic rings. The minimum Gasteiger partial charge on any atom is -0.462 e. The molecule has 0 fully saturated rings. The van der Waals surface area contributed by atoms with Crippen LogP contribution in [0, 0.1) is 0 Å². The van der Waals surface area contributed by atoms with Crippen LogP contribution in [0.2, 0.25) is 0 Å². The van der Waals surface area contributed by atoms with Gasteiger partial charge in [-0.15, -0.1) is 0 Å². The molecule has 0 rings (SSSR count).